The fraction of sp³-hybridized carbons (Fsp3) is 0.812. The topological polar surface area (TPSA) is 44.5 Å². The second-order valence-corrected chi connectivity index (χ2v) is 6.75. The molecule has 0 radical (unpaired) electrons. The molecule has 0 spiro atoms. The van der Waals surface area contributed by atoms with E-state index in [2.05, 4.69) is 40.4 Å². The minimum absolute atomic E-state index is 0.129. The molecule has 0 aromatic carbocycles. The van der Waals surface area contributed by atoms with Crippen molar-refractivity contribution in [1.82, 2.24) is 19.6 Å². The molecule has 2 aliphatic rings. The summed E-state index contributed by atoms with van der Waals surface area (Å²) in [5.74, 6) is 0. The van der Waals surface area contributed by atoms with Crippen LogP contribution in [-0.4, -0.2) is 62.5 Å². The van der Waals surface area contributed by atoms with Crippen molar-refractivity contribution in [2.24, 2.45) is 0 Å². The van der Waals surface area contributed by atoms with E-state index in [0.29, 0.717) is 12.1 Å². The van der Waals surface area contributed by atoms with E-state index in [1.807, 2.05) is 6.20 Å². The quantitative estimate of drug-likeness (QED) is 0.907. The lowest BCUT2D eigenvalue weighted by Gasteiger charge is -2.42. The second kappa shape index (κ2) is 6.07. The van der Waals surface area contributed by atoms with Gasteiger partial charge in [-0.15, -0.1) is 0 Å². The van der Waals surface area contributed by atoms with E-state index in [9.17, 15) is 5.11 Å². The third-order valence-corrected chi connectivity index (χ3v) is 5.09. The smallest absolute Gasteiger partial charge is 0.0682 e. The van der Waals surface area contributed by atoms with Crippen molar-refractivity contribution in [3.05, 3.63) is 17.5 Å². The third-order valence-electron chi connectivity index (χ3n) is 5.09. The zero-order valence-electron chi connectivity index (χ0n) is 13.5. The van der Waals surface area contributed by atoms with Gasteiger partial charge >= 0.3 is 0 Å². The number of nitrogens with zero attached hydrogens (tertiary/aromatic N) is 4. The Labute approximate surface area is 127 Å². The van der Waals surface area contributed by atoms with Crippen LogP contribution in [0.2, 0.25) is 0 Å². The number of aliphatic hydroxyl groups is 1. The third kappa shape index (κ3) is 3.00. The van der Waals surface area contributed by atoms with Gasteiger partial charge in [0, 0.05) is 56.1 Å². The molecule has 2 aliphatic heterocycles. The molecule has 0 bridgehead atoms. The maximum Gasteiger partial charge on any atom is 0.0682 e. The van der Waals surface area contributed by atoms with Gasteiger partial charge in [0.05, 0.1) is 12.3 Å². The van der Waals surface area contributed by atoms with Crippen LogP contribution in [0.4, 0.5) is 0 Å². The fourth-order valence-corrected chi connectivity index (χ4v) is 3.79. The standard InChI is InChI=1S/C16H28N4O/c1-4-5-20-13(3)14(7-17-20)9-18-10-15-6-16(21)11-19(15)8-12(18)2/h7,12,15-16,21H,4-6,8-11H2,1-3H3/t12-,15?,16+/m0/s1. The van der Waals surface area contributed by atoms with Crippen LogP contribution < -0.4 is 0 Å². The highest BCUT2D eigenvalue weighted by Gasteiger charge is 2.38. The molecular formula is C16H28N4O. The zero-order valence-corrected chi connectivity index (χ0v) is 13.5. The van der Waals surface area contributed by atoms with Gasteiger partial charge in [0.25, 0.3) is 0 Å². The summed E-state index contributed by atoms with van der Waals surface area (Å²) >= 11 is 0. The molecule has 3 heterocycles. The summed E-state index contributed by atoms with van der Waals surface area (Å²) in [6, 6.07) is 1.07. The Balaban J connectivity index is 1.67. The molecule has 5 nitrogen and oxygen atoms in total. The van der Waals surface area contributed by atoms with Crippen molar-refractivity contribution < 1.29 is 5.11 Å². The Hall–Kier alpha value is -0.910. The van der Waals surface area contributed by atoms with Crippen molar-refractivity contribution in [3.63, 3.8) is 0 Å². The van der Waals surface area contributed by atoms with Gasteiger partial charge in [0.1, 0.15) is 0 Å². The van der Waals surface area contributed by atoms with Gasteiger partial charge in [-0.3, -0.25) is 14.5 Å². The largest absolute Gasteiger partial charge is 0.392 e. The predicted octanol–water partition coefficient (Wildman–Crippen LogP) is 1.24. The predicted molar refractivity (Wildman–Crippen MR) is 83.1 cm³/mol. The fourth-order valence-electron chi connectivity index (χ4n) is 3.79. The lowest BCUT2D eigenvalue weighted by Crippen LogP contribution is -2.54. The SMILES string of the molecule is CCCn1ncc(CN2CC3C[C@@H](O)CN3C[C@@H]2C)c1C. The normalized spacial score (nSPS) is 30.8. The van der Waals surface area contributed by atoms with Crippen LogP contribution in [-0.2, 0) is 13.1 Å². The highest BCUT2D eigenvalue weighted by atomic mass is 16.3. The molecular weight excluding hydrogens is 264 g/mol. The Kier molecular flexibility index (Phi) is 4.33. The molecule has 2 saturated heterocycles. The number of aryl methyl sites for hydroxylation is 1. The van der Waals surface area contributed by atoms with E-state index in [0.717, 1.165) is 45.6 Å². The van der Waals surface area contributed by atoms with Gasteiger partial charge in [-0.05, 0) is 26.7 Å². The number of fused-ring (bicyclic) bond motifs is 1. The van der Waals surface area contributed by atoms with Gasteiger partial charge in [0.2, 0.25) is 0 Å². The summed E-state index contributed by atoms with van der Waals surface area (Å²) in [7, 11) is 0. The van der Waals surface area contributed by atoms with Gasteiger partial charge in [0.15, 0.2) is 0 Å². The number of hydrogen-bond acceptors (Lipinski definition) is 4. The van der Waals surface area contributed by atoms with Crippen molar-refractivity contribution in [3.8, 4) is 0 Å². The number of hydrogen-bond donors (Lipinski definition) is 1. The second-order valence-electron chi connectivity index (χ2n) is 6.75. The summed E-state index contributed by atoms with van der Waals surface area (Å²) in [6.07, 6.45) is 3.96. The average molecular weight is 292 g/mol. The molecule has 2 fully saturated rings. The first-order valence-electron chi connectivity index (χ1n) is 8.26. The van der Waals surface area contributed by atoms with Crippen LogP contribution in [0, 0.1) is 6.92 Å². The molecule has 3 atom stereocenters. The molecule has 118 valence electrons. The van der Waals surface area contributed by atoms with Crippen LogP contribution in [0.5, 0.6) is 0 Å². The maximum atomic E-state index is 9.86. The number of aliphatic hydroxyl groups excluding tert-OH is 1. The summed E-state index contributed by atoms with van der Waals surface area (Å²) in [4.78, 5) is 5.01. The van der Waals surface area contributed by atoms with Crippen molar-refractivity contribution in [1.29, 1.82) is 0 Å². The number of rotatable bonds is 4. The highest BCUT2D eigenvalue weighted by Crippen LogP contribution is 2.26. The van der Waals surface area contributed by atoms with E-state index in [1.165, 1.54) is 11.3 Å². The molecule has 21 heavy (non-hydrogen) atoms. The van der Waals surface area contributed by atoms with Crippen LogP contribution in [0.25, 0.3) is 0 Å². The lowest BCUT2D eigenvalue weighted by atomic mass is 10.1. The minimum Gasteiger partial charge on any atom is -0.392 e. The van der Waals surface area contributed by atoms with Gasteiger partial charge < -0.3 is 5.11 Å². The van der Waals surface area contributed by atoms with Crippen molar-refractivity contribution in [2.45, 2.75) is 64.9 Å². The Bertz CT molecular complexity index is 487. The van der Waals surface area contributed by atoms with E-state index in [4.69, 9.17) is 0 Å². The average Bonchev–Trinajstić information content (AvgIpc) is 2.95. The van der Waals surface area contributed by atoms with Crippen LogP contribution in [0.3, 0.4) is 0 Å². The van der Waals surface area contributed by atoms with Crippen molar-refractivity contribution in [2.75, 3.05) is 19.6 Å². The van der Waals surface area contributed by atoms with Gasteiger partial charge in [-0.1, -0.05) is 6.92 Å². The first kappa shape index (κ1) is 15.0. The monoisotopic (exact) mass is 292 g/mol. The zero-order chi connectivity index (χ0) is 15.0. The Morgan fingerprint density at radius 3 is 2.90 bits per heavy atom. The molecule has 0 saturated carbocycles. The van der Waals surface area contributed by atoms with E-state index in [1.54, 1.807) is 0 Å². The summed E-state index contributed by atoms with van der Waals surface area (Å²) in [5.41, 5.74) is 2.65. The summed E-state index contributed by atoms with van der Waals surface area (Å²) in [5, 5.41) is 14.4. The van der Waals surface area contributed by atoms with Crippen molar-refractivity contribution >= 4 is 0 Å². The molecule has 0 aliphatic carbocycles. The number of aromatic nitrogens is 2. The molecule has 3 rings (SSSR count). The molecule has 1 aromatic rings. The van der Waals surface area contributed by atoms with E-state index >= 15 is 0 Å². The maximum absolute atomic E-state index is 9.86. The number of piperazine rings is 1. The van der Waals surface area contributed by atoms with Crippen LogP contribution in [0.1, 0.15) is 37.9 Å². The molecule has 5 heteroatoms. The first-order valence-corrected chi connectivity index (χ1v) is 8.26. The lowest BCUT2D eigenvalue weighted by molar-refractivity contribution is 0.0527. The van der Waals surface area contributed by atoms with Crippen LogP contribution >= 0.6 is 0 Å². The van der Waals surface area contributed by atoms with Gasteiger partial charge in [-0.2, -0.15) is 5.10 Å². The minimum atomic E-state index is -0.129. The Morgan fingerprint density at radius 2 is 2.14 bits per heavy atom. The molecule has 0 amide bonds. The summed E-state index contributed by atoms with van der Waals surface area (Å²) in [6.45, 7) is 11.6. The first-order chi connectivity index (χ1) is 10.1. The van der Waals surface area contributed by atoms with Crippen LogP contribution in [0.15, 0.2) is 6.20 Å². The van der Waals surface area contributed by atoms with Gasteiger partial charge in [-0.25, -0.2) is 0 Å². The molecule has 1 aromatic heterocycles. The highest BCUT2D eigenvalue weighted by molar-refractivity contribution is 5.16. The summed E-state index contributed by atoms with van der Waals surface area (Å²) < 4.78 is 2.12. The molecule has 1 unspecified atom stereocenters. The Morgan fingerprint density at radius 1 is 1.33 bits per heavy atom. The van der Waals surface area contributed by atoms with E-state index in [-0.39, 0.29) is 6.10 Å². The molecule has 1 N–H and O–H groups in total. The van der Waals surface area contributed by atoms with E-state index < -0.39 is 0 Å².